The predicted octanol–water partition coefficient (Wildman–Crippen LogP) is 4.49. The van der Waals surface area contributed by atoms with Crippen LogP contribution in [0, 0.1) is 24.5 Å². The van der Waals surface area contributed by atoms with E-state index < -0.39 is 34.5 Å². The number of fused-ring (bicyclic) bond motifs is 1. The van der Waals surface area contributed by atoms with Crippen LogP contribution >= 0.6 is 11.8 Å². The Bertz CT molecular complexity index is 1370. The average Bonchev–Trinajstić information content (AvgIpc) is 3.34. The number of rotatable bonds is 7. The third-order valence-corrected chi connectivity index (χ3v) is 7.79. The summed E-state index contributed by atoms with van der Waals surface area (Å²) in [6.45, 7) is 2.70. The Morgan fingerprint density at radius 3 is 2.83 bits per heavy atom. The Hall–Kier alpha value is -3.54. The zero-order chi connectivity index (χ0) is 25.7. The summed E-state index contributed by atoms with van der Waals surface area (Å²) in [5.41, 5.74) is 5.14. The Morgan fingerprint density at radius 2 is 2.14 bits per heavy atom. The minimum Gasteiger partial charge on any atom is -0.482 e. The molecule has 1 aliphatic carbocycles. The predicted molar refractivity (Wildman–Crippen MR) is 127 cm³/mol. The number of hydrogen-bond acceptors (Lipinski definition) is 8. The number of amidine groups is 1. The number of alkyl halides is 1. The minimum absolute atomic E-state index is 0.0130. The fraction of sp³-hybridized carbons (Fsp3) is 0.333. The standard InChI is InChI=1S/C24H22F3N5O3S/c1-12-5-14(35-10-18-29-3-4-34-18)9-30-20(12)21(33)31-13-6-15(19(27)16(26)7-13)23(2)17-8-24(17,11-25)36-22(28)32-23/h3-7,9,17H,8,10-11H2,1-2H3,(H2,28,32)(H,31,33)/t17-,23+,24+/m0/s1. The van der Waals surface area contributed by atoms with Crippen molar-refractivity contribution < 1.29 is 27.1 Å². The van der Waals surface area contributed by atoms with Crippen LogP contribution in [-0.2, 0) is 12.1 Å². The maximum absolute atomic E-state index is 15.0. The molecule has 1 fully saturated rings. The maximum Gasteiger partial charge on any atom is 0.274 e. The van der Waals surface area contributed by atoms with Crippen LogP contribution in [0.1, 0.15) is 40.9 Å². The van der Waals surface area contributed by atoms with Crippen molar-refractivity contribution in [1.29, 1.82) is 0 Å². The molecule has 2 aromatic heterocycles. The number of pyridine rings is 1. The number of nitrogens with one attached hydrogen (secondary N) is 1. The van der Waals surface area contributed by atoms with Gasteiger partial charge in [-0.1, -0.05) is 11.8 Å². The van der Waals surface area contributed by atoms with Gasteiger partial charge in [0.25, 0.3) is 5.91 Å². The number of anilines is 1. The summed E-state index contributed by atoms with van der Waals surface area (Å²) in [5.74, 6) is -2.48. The number of aromatic nitrogens is 2. The molecule has 0 spiro atoms. The summed E-state index contributed by atoms with van der Waals surface area (Å²) in [7, 11) is 0. The first-order chi connectivity index (χ1) is 17.1. The van der Waals surface area contributed by atoms with Gasteiger partial charge in [0.2, 0.25) is 5.89 Å². The molecule has 2 aliphatic rings. The summed E-state index contributed by atoms with van der Waals surface area (Å²) in [5, 5.41) is 2.68. The van der Waals surface area contributed by atoms with E-state index in [1.165, 1.54) is 24.7 Å². The maximum atomic E-state index is 15.0. The van der Waals surface area contributed by atoms with Crippen molar-refractivity contribution >= 4 is 28.5 Å². The molecule has 3 heterocycles. The number of carbonyl (C=O) groups is 1. The Morgan fingerprint density at radius 1 is 1.33 bits per heavy atom. The molecule has 188 valence electrons. The Balaban J connectivity index is 1.38. The number of nitrogens with zero attached hydrogens (tertiary/aromatic N) is 3. The molecule has 3 atom stereocenters. The lowest BCUT2D eigenvalue weighted by atomic mass is 9.85. The van der Waals surface area contributed by atoms with E-state index in [1.807, 2.05) is 0 Å². The number of aryl methyl sites for hydroxylation is 1. The highest BCUT2D eigenvalue weighted by molar-refractivity contribution is 8.15. The normalized spacial score (nSPS) is 24.6. The number of hydrogen-bond donors (Lipinski definition) is 2. The van der Waals surface area contributed by atoms with Gasteiger partial charge in [-0.2, -0.15) is 0 Å². The second-order valence-corrected chi connectivity index (χ2v) is 10.4. The van der Waals surface area contributed by atoms with Crippen molar-refractivity contribution in [2.24, 2.45) is 16.6 Å². The summed E-state index contributed by atoms with van der Waals surface area (Å²) >= 11 is 1.13. The summed E-state index contributed by atoms with van der Waals surface area (Å²) in [6, 6.07) is 3.81. The van der Waals surface area contributed by atoms with Gasteiger partial charge in [-0.05, 0) is 38.0 Å². The van der Waals surface area contributed by atoms with E-state index in [4.69, 9.17) is 14.9 Å². The first kappa shape index (κ1) is 24.2. The number of aliphatic imine (C=N–C) groups is 1. The van der Waals surface area contributed by atoms with Crippen molar-refractivity contribution in [2.75, 3.05) is 12.0 Å². The first-order valence-electron chi connectivity index (χ1n) is 11.0. The van der Waals surface area contributed by atoms with E-state index in [0.717, 1.165) is 17.8 Å². The lowest BCUT2D eigenvalue weighted by Crippen LogP contribution is -2.37. The molecule has 5 rings (SSSR count). The largest absolute Gasteiger partial charge is 0.482 e. The fourth-order valence-corrected chi connectivity index (χ4v) is 5.95. The second-order valence-electron chi connectivity index (χ2n) is 8.98. The number of amides is 1. The molecule has 1 aromatic carbocycles. The van der Waals surface area contributed by atoms with Gasteiger partial charge >= 0.3 is 0 Å². The lowest BCUT2D eigenvalue weighted by molar-refractivity contribution is 0.102. The summed E-state index contributed by atoms with van der Waals surface area (Å²) in [6.07, 6.45) is 4.72. The van der Waals surface area contributed by atoms with Gasteiger partial charge in [0.15, 0.2) is 23.4 Å². The van der Waals surface area contributed by atoms with Crippen molar-refractivity contribution in [3.8, 4) is 5.75 Å². The van der Waals surface area contributed by atoms with Crippen molar-refractivity contribution in [3.63, 3.8) is 0 Å². The molecule has 3 N–H and O–H groups in total. The second kappa shape index (κ2) is 8.84. The number of oxazole rings is 1. The number of ether oxygens (including phenoxy) is 1. The quantitative estimate of drug-likeness (QED) is 0.474. The smallest absolute Gasteiger partial charge is 0.274 e. The van der Waals surface area contributed by atoms with Crippen LogP contribution in [0.4, 0.5) is 18.9 Å². The number of benzene rings is 1. The van der Waals surface area contributed by atoms with E-state index in [9.17, 15) is 18.0 Å². The first-order valence-corrected chi connectivity index (χ1v) is 11.9. The van der Waals surface area contributed by atoms with E-state index in [-0.39, 0.29) is 34.6 Å². The molecule has 0 radical (unpaired) electrons. The van der Waals surface area contributed by atoms with Gasteiger partial charge in [-0.3, -0.25) is 9.79 Å². The molecule has 1 saturated carbocycles. The van der Waals surface area contributed by atoms with E-state index in [1.54, 1.807) is 19.9 Å². The molecule has 36 heavy (non-hydrogen) atoms. The third-order valence-electron chi connectivity index (χ3n) is 6.52. The van der Waals surface area contributed by atoms with Crippen LogP contribution in [0.3, 0.4) is 0 Å². The SMILES string of the molecule is Cc1cc(OCc2ncco2)cnc1C(=O)Nc1cc(F)c(F)c([C@@]2(C)N=C(N)S[C@@]3(CF)C[C@H]32)c1. The van der Waals surface area contributed by atoms with E-state index in [0.29, 0.717) is 23.6 Å². The van der Waals surface area contributed by atoms with E-state index in [2.05, 4.69) is 20.3 Å². The zero-order valence-corrected chi connectivity index (χ0v) is 20.2. The molecule has 0 bridgehead atoms. The van der Waals surface area contributed by atoms with Crippen LogP contribution in [0.2, 0.25) is 0 Å². The van der Waals surface area contributed by atoms with Crippen LogP contribution < -0.4 is 15.8 Å². The number of carbonyl (C=O) groups excluding carboxylic acids is 1. The van der Waals surface area contributed by atoms with Gasteiger partial charge in [0, 0.05) is 23.2 Å². The molecule has 0 saturated heterocycles. The fourth-order valence-electron chi connectivity index (χ4n) is 4.63. The molecule has 3 aromatic rings. The molecular weight excluding hydrogens is 495 g/mol. The van der Waals surface area contributed by atoms with Crippen LogP contribution in [0.15, 0.2) is 46.3 Å². The van der Waals surface area contributed by atoms with Crippen LogP contribution in [0.5, 0.6) is 5.75 Å². The van der Waals surface area contributed by atoms with Crippen molar-refractivity contribution in [3.05, 3.63) is 71.2 Å². The third kappa shape index (κ3) is 4.19. The van der Waals surface area contributed by atoms with Crippen LogP contribution in [0.25, 0.3) is 0 Å². The number of halogens is 3. The average molecular weight is 518 g/mol. The molecule has 1 amide bonds. The lowest BCUT2D eigenvalue weighted by Gasteiger charge is -2.33. The highest BCUT2D eigenvalue weighted by Gasteiger charge is 2.66. The Labute approximate surface area is 208 Å². The minimum atomic E-state index is -1.27. The van der Waals surface area contributed by atoms with Crippen molar-refractivity contribution in [2.45, 2.75) is 37.2 Å². The van der Waals surface area contributed by atoms with Gasteiger partial charge in [-0.15, -0.1) is 0 Å². The molecule has 12 heteroatoms. The summed E-state index contributed by atoms with van der Waals surface area (Å²) < 4.78 is 53.2. The Kier molecular flexibility index (Phi) is 5.93. The van der Waals surface area contributed by atoms with E-state index >= 15 is 0 Å². The molecule has 0 unspecified atom stereocenters. The van der Waals surface area contributed by atoms with Gasteiger partial charge in [0.05, 0.1) is 22.7 Å². The molecular formula is C24H22F3N5O3S. The highest BCUT2D eigenvalue weighted by atomic mass is 32.2. The van der Waals surface area contributed by atoms with Crippen molar-refractivity contribution in [1.82, 2.24) is 9.97 Å². The summed E-state index contributed by atoms with van der Waals surface area (Å²) in [4.78, 5) is 25.4. The topological polar surface area (TPSA) is 116 Å². The molecule has 1 aliphatic heterocycles. The van der Waals surface area contributed by atoms with Crippen LogP contribution in [-0.4, -0.2) is 32.5 Å². The zero-order valence-electron chi connectivity index (χ0n) is 19.3. The molecule has 8 nitrogen and oxygen atoms in total. The van der Waals surface area contributed by atoms with Gasteiger partial charge in [0.1, 0.15) is 24.4 Å². The number of nitrogens with two attached hydrogens (primary N) is 1. The number of thioether (sulfide) groups is 1. The monoisotopic (exact) mass is 517 g/mol. The van der Waals surface area contributed by atoms with Gasteiger partial charge < -0.3 is 20.2 Å². The highest BCUT2D eigenvalue weighted by Crippen LogP contribution is 2.66. The van der Waals surface area contributed by atoms with Gasteiger partial charge in [-0.25, -0.2) is 23.1 Å².